The molecule has 0 spiro atoms. The number of amides is 2. The molecule has 0 rings (SSSR count). The number of hydrogen-bond acceptors (Lipinski definition) is 2. The summed E-state index contributed by atoms with van der Waals surface area (Å²) in [5.41, 5.74) is -0.792. The standard InChI is InChI=1S/C9H17N3O/c1-5-12(6-2)8(13)11-9(3,4)7-10/h5-6H2,1-4H3,(H,11,13). The molecule has 74 valence electrons. The number of carbonyl (C=O) groups is 1. The van der Waals surface area contributed by atoms with E-state index in [2.05, 4.69) is 5.32 Å². The molecule has 13 heavy (non-hydrogen) atoms. The maximum atomic E-state index is 11.4. The highest BCUT2D eigenvalue weighted by Crippen LogP contribution is 2.00. The Kier molecular flexibility index (Phi) is 4.26. The van der Waals surface area contributed by atoms with Crippen LogP contribution in [0.15, 0.2) is 0 Å². The van der Waals surface area contributed by atoms with Crippen molar-refractivity contribution in [1.82, 2.24) is 10.2 Å². The maximum absolute atomic E-state index is 11.4. The van der Waals surface area contributed by atoms with Crippen molar-refractivity contribution in [3.63, 3.8) is 0 Å². The van der Waals surface area contributed by atoms with E-state index in [4.69, 9.17) is 5.26 Å². The van der Waals surface area contributed by atoms with Crippen molar-refractivity contribution in [1.29, 1.82) is 5.26 Å². The Morgan fingerprint density at radius 3 is 2.23 bits per heavy atom. The smallest absolute Gasteiger partial charge is 0.318 e. The Labute approximate surface area is 79.5 Å². The molecule has 0 atom stereocenters. The predicted octanol–water partition coefficient (Wildman–Crippen LogP) is 1.34. The van der Waals surface area contributed by atoms with E-state index in [0.717, 1.165) is 0 Å². The molecule has 0 aliphatic heterocycles. The van der Waals surface area contributed by atoms with Crippen molar-refractivity contribution in [2.24, 2.45) is 0 Å². The molecule has 0 saturated carbocycles. The van der Waals surface area contributed by atoms with Crippen LogP contribution in [0.4, 0.5) is 4.79 Å². The number of urea groups is 1. The van der Waals surface area contributed by atoms with Crippen LogP contribution in [0.2, 0.25) is 0 Å². The molecule has 0 aliphatic rings. The number of hydrogen-bond donors (Lipinski definition) is 1. The third-order valence-electron chi connectivity index (χ3n) is 1.75. The summed E-state index contributed by atoms with van der Waals surface area (Å²) in [4.78, 5) is 13.1. The van der Waals surface area contributed by atoms with E-state index in [1.54, 1.807) is 18.7 Å². The Bertz CT molecular complexity index is 213. The van der Waals surface area contributed by atoms with Gasteiger partial charge in [-0.15, -0.1) is 0 Å². The lowest BCUT2D eigenvalue weighted by Gasteiger charge is -2.24. The van der Waals surface area contributed by atoms with Crippen molar-refractivity contribution >= 4 is 6.03 Å². The first kappa shape index (κ1) is 11.8. The lowest BCUT2D eigenvalue weighted by molar-refractivity contribution is 0.197. The van der Waals surface area contributed by atoms with Gasteiger partial charge in [0.15, 0.2) is 0 Å². The number of carbonyl (C=O) groups excluding carboxylic acids is 1. The van der Waals surface area contributed by atoms with Gasteiger partial charge in [0.2, 0.25) is 0 Å². The zero-order chi connectivity index (χ0) is 10.5. The Morgan fingerprint density at radius 2 is 1.92 bits per heavy atom. The third kappa shape index (κ3) is 3.79. The maximum Gasteiger partial charge on any atom is 0.318 e. The van der Waals surface area contributed by atoms with Crippen LogP contribution < -0.4 is 5.32 Å². The molecule has 0 bridgehead atoms. The quantitative estimate of drug-likeness (QED) is 0.717. The van der Waals surface area contributed by atoms with Crippen LogP contribution in [0.25, 0.3) is 0 Å². The van der Waals surface area contributed by atoms with Crippen LogP contribution in [0.3, 0.4) is 0 Å². The second-order valence-corrected chi connectivity index (χ2v) is 3.34. The zero-order valence-electron chi connectivity index (χ0n) is 8.72. The van der Waals surface area contributed by atoms with E-state index in [1.807, 2.05) is 19.9 Å². The number of nitrogens with one attached hydrogen (secondary N) is 1. The molecule has 0 radical (unpaired) electrons. The van der Waals surface area contributed by atoms with Crippen molar-refractivity contribution in [3.05, 3.63) is 0 Å². The summed E-state index contributed by atoms with van der Waals surface area (Å²) in [6, 6.07) is 1.83. The summed E-state index contributed by atoms with van der Waals surface area (Å²) in [5, 5.41) is 11.3. The predicted molar refractivity (Wildman–Crippen MR) is 51.1 cm³/mol. The molecule has 4 nitrogen and oxygen atoms in total. The lowest BCUT2D eigenvalue weighted by atomic mass is 10.1. The minimum atomic E-state index is -0.792. The third-order valence-corrected chi connectivity index (χ3v) is 1.75. The molecule has 0 aromatic rings. The van der Waals surface area contributed by atoms with Gasteiger partial charge in [-0.1, -0.05) is 0 Å². The molecule has 0 saturated heterocycles. The van der Waals surface area contributed by atoms with Crippen LogP contribution in [-0.2, 0) is 0 Å². The van der Waals surface area contributed by atoms with E-state index < -0.39 is 5.54 Å². The topological polar surface area (TPSA) is 56.1 Å². The first-order chi connectivity index (χ1) is 5.96. The molecule has 0 heterocycles. The normalized spacial score (nSPS) is 10.4. The summed E-state index contributed by atoms with van der Waals surface area (Å²) < 4.78 is 0. The average Bonchev–Trinajstić information content (AvgIpc) is 2.06. The number of rotatable bonds is 3. The van der Waals surface area contributed by atoms with Gasteiger partial charge in [0.05, 0.1) is 6.07 Å². The van der Waals surface area contributed by atoms with Gasteiger partial charge in [0.25, 0.3) is 0 Å². The molecule has 1 N–H and O–H groups in total. The SMILES string of the molecule is CCN(CC)C(=O)NC(C)(C)C#N. The summed E-state index contributed by atoms with van der Waals surface area (Å²) in [6.07, 6.45) is 0. The van der Waals surface area contributed by atoms with Gasteiger partial charge in [-0.3, -0.25) is 0 Å². The second-order valence-electron chi connectivity index (χ2n) is 3.34. The fourth-order valence-electron chi connectivity index (χ4n) is 0.885. The summed E-state index contributed by atoms with van der Waals surface area (Å²) >= 11 is 0. The molecule has 0 aromatic heterocycles. The summed E-state index contributed by atoms with van der Waals surface area (Å²) in [5.74, 6) is 0. The highest BCUT2D eigenvalue weighted by Gasteiger charge is 2.21. The molecular formula is C9H17N3O. The highest BCUT2D eigenvalue weighted by atomic mass is 16.2. The molecule has 0 aliphatic carbocycles. The Balaban J connectivity index is 4.23. The minimum absolute atomic E-state index is 0.184. The van der Waals surface area contributed by atoms with E-state index in [1.165, 1.54) is 0 Å². The monoisotopic (exact) mass is 183 g/mol. The van der Waals surface area contributed by atoms with Crippen molar-refractivity contribution in [3.8, 4) is 6.07 Å². The van der Waals surface area contributed by atoms with Gasteiger partial charge >= 0.3 is 6.03 Å². The average molecular weight is 183 g/mol. The molecule has 0 aromatic carbocycles. The van der Waals surface area contributed by atoms with Gasteiger partial charge in [0, 0.05) is 13.1 Å². The number of nitrogens with zero attached hydrogens (tertiary/aromatic N) is 2. The van der Waals surface area contributed by atoms with E-state index in [0.29, 0.717) is 13.1 Å². The summed E-state index contributed by atoms with van der Waals surface area (Å²) in [7, 11) is 0. The minimum Gasteiger partial charge on any atom is -0.325 e. The van der Waals surface area contributed by atoms with Gasteiger partial charge in [-0.2, -0.15) is 5.26 Å². The van der Waals surface area contributed by atoms with Gasteiger partial charge in [0.1, 0.15) is 5.54 Å². The van der Waals surface area contributed by atoms with Crippen molar-refractivity contribution in [2.45, 2.75) is 33.2 Å². The van der Waals surface area contributed by atoms with Crippen LogP contribution in [-0.4, -0.2) is 29.6 Å². The van der Waals surface area contributed by atoms with E-state index in [9.17, 15) is 4.79 Å². The fraction of sp³-hybridized carbons (Fsp3) is 0.778. The fourth-order valence-corrected chi connectivity index (χ4v) is 0.885. The van der Waals surface area contributed by atoms with Crippen LogP contribution in [0, 0.1) is 11.3 Å². The second kappa shape index (κ2) is 4.70. The highest BCUT2D eigenvalue weighted by molar-refractivity contribution is 5.75. The van der Waals surface area contributed by atoms with Crippen molar-refractivity contribution in [2.75, 3.05) is 13.1 Å². The Hall–Kier alpha value is -1.24. The zero-order valence-corrected chi connectivity index (χ0v) is 8.72. The van der Waals surface area contributed by atoms with Gasteiger partial charge < -0.3 is 10.2 Å². The first-order valence-electron chi connectivity index (χ1n) is 4.45. The van der Waals surface area contributed by atoms with Gasteiger partial charge in [-0.05, 0) is 27.7 Å². The van der Waals surface area contributed by atoms with Gasteiger partial charge in [-0.25, -0.2) is 4.79 Å². The molecular weight excluding hydrogens is 166 g/mol. The van der Waals surface area contributed by atoms with Crippen LogP contribution in [0.5, 0.6) is 0 Å². The first-order valence-corrected chi connectivity index (χ1v) is 4.45. The molecule has 0 unspecified atom stereocenters. The molecule has 0 fully saturated rings. The largest absolute Gasteiger partial charge is 0.325 e. The molecule has 4 heteroatoms. The van der Waals surface area contributed by atoms with E-state index in [-0.39, 0.29) is 6.03 Å². The van der Waals surface area contributed by atoms with Crippen molar-refractivity contribution < 1.29 is 4.79 Å². The Morgan fingerprint density at radius 1 is 1.46 bits per heavy atom. The van der Waals surface area contributed by atoms with Crippen LogP contribution >= 0.6 is 0 Å². The van der Waals surface area contributed by atoms with E-state index >= 15 is 0 Å². The van der Waals surface area contributed by atoms with Crippen LogP contribution in [0.1, 0.15) is 27.7 Å². The number of nitriles is 1. The summed E-state index contributed by atoms with van der Waals surface area (Å²) in [6.45, 7) is 8.47. The molecule has 2 amide bonds. The lowest BCUT2D eigenvalue weighted by Crippen LogP contribution is -2.49.